The lowest BCUT2D eigenvalue weighted by Crippen LogP contribution is -2.31. The van der Waals surface area contributed by atoms with E-state index in [9.17, 15) is 4.79 Å². The van der Waals surface area contributed by atoms with Crippen LogP contribution in [0.25, 0.3) is 0 Å². The molecule has 20 heavy (non-hydrogen) atoms. The highest BCUT2D eigenvalue weighted by atomic mass is 16.5. The van der Waals surface area contributed by atoms with E-state index in [1.54, 1.807) is 6.26 Å². The topological polar surface area (TPSA) is 88.0 Å². The minimum Gasteiger partial charge on any atom is -0.381 e. The molecule has 1 aliphatic rings. The van der Waals surface area contributed by atoms with Crippen LogP contribution < -0.4 is 5.69 Å². The molecular weight excluding hydrogens is 262 g/mol. The molecule has 2 aromatic rings. The lowest BCUT2D eigenvalue weighted by atomic mass is 10.1. The third kappa shape index (κ3) is 2.38. The second-order valence-corrected chi connectivity index (χ2v) is 4.85. The van der Waals surface area contributed by atoms with Gasteiger partial charge in [0.1, 0.15) is 12.0 Å². The molecule has 8 heteroatoms. The van der Waals surface area contributed by atoms with Gasteiger partial charge in [0.15, 0.2) is 0 Å². The van der Waals surface area contributed by atoms with Gasteiger partial charge in [0, 0.05) is 18.8 Å². The van der Waals surface area contributed by atoms with Gasteiger partial charge in [-0.15, -0.1) is 0 Å². The summed E-state index contributed by atoms with van der Waals surface area (Å²) in [5.41, 5.74) is 1.51. The van der Waals surface area contributed by atoms with Crippen LogP contribution in [0.2, 0.25) is 0 Å². The Kier molecular flexibility index (Phi) is 3.64. The van der Waals surface area contributed by atoms with Gasteiger partial charge < -0.3 is 9.26 Å². The Morgan fingerprint density at radius 3 is 2.90 bits per heavy atom. The third-order valence-electron chi connectivity index (χ3n) is 3.61. The van der Waals surface area contributed by atoms with E-state index in [1.165, 1.54) is 9.36 Å². The minimum absolute atomic E-state index is 0.0768. The van der Waals surface area contributed by atoms with Crippen molar-refractivity contribution in [2.45, 2.75) is 38.8 Å². The molecule has 0 spiro atoms. The van der Waals surface area contributed by atoms with Crippen molar-refractivity contribution in [1.82, 2.24) is 24.9 Å². The molecule has 1 fully saturated rings. The first-order chi connectivity index (χ1) is 9.79. The first-order valence-electron chi connectivity index (χ1n) is 6.81. The number of aromatic nitrogens is 5. The Morgan fingerprint density at radius 1 is 1.35 bits per heavy atom. The standard InChI is InChI=1S/C12H17N5O3/c1-2-9-8-20-13-11(9)7-16-12(18)17(15-14-16)10-3-5-19-6-4-10/h8,10H,2-7H2,1H3. The number of aryl methyl sites for hydroxylation is 1. The van der Waals surface area contributed by atoms with Crippen LogP contribution >= 0.6 is 0 Å². The second kappa shape index (κ2) is 5.58. The molecule has 3 heterocycles. The molecule has 1 aliphatic heterocycles. The van der Waals surface area contributed by atoms with Crippen molar-refractivity contribution in [3.05, 3.63) is 28.0 Å². The number of hydrogen-bond acceptors (Lipinski definition) is 6. The molecule has 0 saturated carbocycles. The average molecular weight is 279 g/mol. The molecule has 2 aromatic heterocycles. The molecule has 0 aromatic carbocycles. The first kappa shape index (κ1) is 13.0. The van der Waals surface area contributed by atoms with Crippen molar-refractivity contribution >= 4 is 0 Å². The van der Waals surface area contributed by atoms with Gasteiger partial charge in [-0.1, -0.05) is 12.1 Å². The van der Waals surface area contributed by atoms with Gasteiger partial charge in [0.25, 0.3) is 0 Å². The van der Waals surface area contributed by atoms with Crippen molar-refractivity contribution < 1.29 is 9.26 Å². The first-order valence-corrected chi connectivity index (χ1v) is 6.81. The summed E-state index contributed by atoms with van der Waals surface area (Å²) in [6.45, 7) is 3.62. The van der Waals surface area contributed by atoms with Crippen LogP contribution in [0.4, 0.5) is 0 Å². The molecule has 0 N–H and O–H groups in total. The maximum absolute atomic E-state index is 12.3. The summed E-state index contributed by atoms with van der Waals surface area (Å²) < 4.78 is 13.0. The Bertz CT molecular complexity index is 623. The lowest BCUT2D eigenvalue weighted by Gasteiger charge is -2.20. The van der Waals surface area contributed by atoms with Gasteiger partial charge in [0.2, 0.25) is 0 Å². The average Bonchev–Trinajstić information content (AvgIpc) is 3.08. The van der Waals surface area contributed by atoms with Gasteiger partial charge in [-0.2, -0.15) is 9.36 Å². The summed E-state index contributed by atoms with van der Waals surface area (Å²) in [4.78, 5) is 12.3. The summed E-state index contributed by atoms with van der Waals surface area (Å²) >= 11 is 0. The highest BCUT2D eigenvalue weighted by Gasteiger charge is 2.21. The SMILES string of the molecule is CCc1conc1Cn1nnn(C2CCOCC2)c1=O. The summed E-state index contributed by atoms with van der Waals surface area (Å²) in [6, 6.07) is 0.0768. The molecule has 3 rings (SSSR count). The van der Waals surface area contributed by atoms with Gasteiger partial charge in [-0.3, -0.25) is 0 Å². The van der Waals surface area contributed by atoms with E-state index in [2.05, 4.69) is 15.6 Å². The molecule has 0 atom stereocenters. The third-order valence-corrected chi connectivity index (χ3v) is 3.61. The predicted octanol–water partition coefficient (Wildman–Crippen LogP) is 0.390. The van der Waals surface area contributed by atoms with Crippen LogP contribution in [0.5, 0.6) is 0 Å². The van der Waals surface area contributed by atoms with Crippen LogP contribution in [0.3, 0.4) is 0 Å². The van der Waals surface area contributed by atoms with E-state index in [0.717, 1.165) is 30.5 Å². The predicted molar refractivity (Wildman–Crippen MR) is 68.4 cm³/mol. The maximum Gasteiger partial charge on any atom is 0.364 e. The van der Waals surface area contributed by atoms with E-state index in [1.807, 2.05) is 6.92 Å². The van der Waals surface area contributed by atoms with Crippen molar-refractivity contribution in [2.75, 3.05) is 13.2 Å². The van der Waals surface area contributed by atoms with E-state index in [-0.39, 0.29) is 11.7 Å². The van der Waals surface area contributed by atoms with Crippen molar-refractivity contribution in [3.8, 4) is 0 Å². The second-order valence-electron chi connectivity index (χ2n) is 4.85. The van der Waals surface area contributed by atoms with Crippen LogP contribution in [-0.4, -0.2) is 38.2 Å². The fourth-order valence-electron chi connectivity index (χ4n) is 2.38. The van der Waals surface area contributed by atoms with Crippen molar-refractivity contribution in [2.24, 2.45) is 0 Å². The number of tetrazole rings is 1. The fourth-order valence-corrected chi connectivity index (χ4v) is 2.38. The monoisotopic (exact) mass is 279 g/mol. The summed E-state index contributed by atoms with van der Waals surface area (Å²) in [5.74, 6) is 0. The molecule has 108 valence electrons. The van der Waals surface area contributed by atoms with E-state index < -0.39 is 0 Å². The largest absolute Gasteiger partial charge is 0.381 e. The zero-order valence-corrected chi connectivity index (χ0v) is 11.4. The number of nitrogens with zero attached hydrogens (tertiary/aromatic N) is 5. The van der Waals surface area contributed by atoms with E-state index in [0.29, 0.717) is 19.8 Å². The Labute approximate surface area is 115 Å². The fraction of sp³-hybridized carbons (Fsp3) is 0.667. The minimum atomic E-state index is -0.207. The maximum atomic E-state index is 12.3. The van der Waals surface area contributed by atoms with Crippen LogP contribution in [0.1, 0.15) is 37.1 Å². The van der Waals surface area contributed by atoms with Crippen LogP contribution in [0.15, 0.2) is 15.6 Å². The number of ether oxygens (including phenoxy) is 1. The molecule has 0 amide bonds. The molecule has 0 radical (unpaired) electrons. The van der Waals surface area contributed by atoms with E-state index >= 15 is 0 Å². The van der Waals surface area contributed by atoms with Gasteiger partial charge in [-0.25, -0.2) is 4.79 Å². The van der Waals surface area contributed by atoms with Gasteiger partial charge in [-0.05, 0) is 29.7 Å². The summed E-state index contributed by atoms with van der Waals surface area (Å²) in [6.07, 6.45) is 4.00. The van der Waals surface area contributed by atoms with Crippen LogP contribution in [0, 0.1) is 0 Å². The molecule has 0 aliphatic carbocycles. The van der Waals surface area contributed by atoms with Gasteiger partial charge >= 0.3 is 5.69 Å². The zero-order chi connectivity index (χ0) is 13.9. The highest BCUT2D eigenvalue weighted by molar-refractivity contribution is 5.14. The highest BCUT2D eigenvalue weighted by Crippen LogP contribution is 2.17. The number of rotatable bonds is 4. The Morgan fingerprint density at radius 2 is 2.15 bits per heavy atom. The number of hydrogen-bond donors (Lipinski definition) is 0. The van der Waals surface area contributed by atoms with Crippen molar-refractivity contribution in [1.29, 1.82) is 0 Å². The Hall–Kier alpha value is -1.96. The molecule has 1 saturated heterocycles. The smallest absolute Gasteiger partial charge is 0.364 e. The summed E-state index contributed by atoms with van der Waals surface area (Å²) in [5, 5.41) is 11.8. The van der Waals surface area contributed by atoms with Crippen LogP contribution in [-0.2, 0) is 17.7 Å². The molecule has 0 bridgehead atoms. The van der Waals surface area contributed by atoms with Gasteiger partial charge in [0.05, 0.1) is 12.6 Å². The van der Waals surface area contributed by atoms with E-state index in [4.69, 9.17) is 9.26 Å². The molecular formula is C12H17N5O3. The van der Waals surface area contributed by atoms with Crippen molar-refractivity contribution in [3.63, 3.8) is 0 Å². The molecule has 0 unspecified atom stereocenters. The quantitative estimate of drug-likeness (QED) is 0.804. The summed E-state index contributed by atoms with van der Waals surface area (Å²) in [7, 11) is 0. The lowest BCUT2D eigenvalue weighted by molar-refractivity contribution is 0.0647. The molecule has 8 nitrogen and oxygen atoms in total. The normalized spacial score (nSPS) is 16.6. The Balaban J connectivity index is 1.81. The zero-order valence-electron chi connectivity index (χ0n) is 11.4.